The Hall–Kier alpha value is -1.21. The van der Waals surface area contributed by atoms with Gasteiger partial charge in [-0.2, -0.15) is 0 Å². The van der Waals surface area contributed by atoms with E-state index < -0.39 is 123 Å². The second-order valence-electron chi connectivity index (χ2n) is 14.6. The van der Waals surface area contributed by atoms with Crippen molar-refractivity contribution >= 4 is 5.91 Å². The molecule has 1 amide bonds. The first-order chi connectivity index (χ1) is 25.3. The van der Waals surface area contributed by atoms with Gasteiger partial charge in [-0.15, -0.1) is 0 Å². The largest absolute Gasteiger partial charge is 0.394 e. The minimum Gasteiger partial charge on any atom is -0.394 e. The number of carbonyl (C=O) groups is 1. The molecule has 0 bridgehead atoms. The molecule has 4 heterocycles. The molecule has 4 aliphatic rings. The molecular formula is C34H61NO18. The van der Waals surface area contributed by atoms with Gasteiger partial charge in [0.05, 0.1) is 44.2 Å². The van der Waals surface area contributed by atoms with E-state index in [1.165, 1.54) is 6.92 Å². The predicted molar refractivity (Wildman–Crippen MR) is 179 cm³/mol. The number of hydrogen-bond donors (Lipinski definition) is 12. The van der Waals surface area contributed by atoms with Gasteiger partial charge in [0.2, 0.25) is 5.91 Å². The Labute approximate surface area is 308 Å². The first kappa shape index (κ1) is 44.5. The number of carbonyl (C=O) groups excluding carboxylic acids is 1. The highest BCUT2D eigenvalue weighted by atomic mass is 16.7. The van der Waals surface area contributed by atoms with Crippen LogP contribution in [0.3, 0.4) is 0 Å². The maximum absolute atomic E-state index is 12.7. The quantitative estimate of drug-likeness (QED) is 0.0552. The molecule has 0 aromatic rings. The Bertz CT molecular complexity index is 1080. The molecule has 10 unspecified atom stereocenters. The van der Waals surface area contributed by atoms with E-state index in [1.54, 1.807) is 0 Å². The normalized spacial score (nSPS) is 43.5. The van der Waals surface area contributed by atoms with E-state index in [-0.39, 0.29) is 25.4 Å². The summed E-state index contributed by atoms with van der Waals surface area (Å²) in [4.78, 5) is 12.7. The standard InChI is InChI=1S/C34H61NO18/c1-16-32(53-34-30(46)24(40)17(38)15-49-34)29(45)26(42)18(50-16)12-19-25(41)28(44)23(20(13-36)51-19)35-22(39)10-8-6-4-2-3-5-7-9-11-48-33-31(47)27(43)21(14-37)52-33/h16-21,23-34,36-38,40-47H,2-15H2,1H3,(H,35,39)/t16-,17-,18+,19+,20-,21+,23?,24?,25?,26?,27?,28?,29?,30?,31?,32?,33-,34+/m1/s1. The summed E-state index contributed by atoms with van der Waals surface area (Å²) in [6.45, 7) is 0.579. The Balaban J connectivity index is 1.10. The maximum atomic E-state index is 12.7. The van der Waals surface area contributed by atoms with Gasteiger partial charge in [-0.25, -0.2) is 0 Å². The summed E-state index contributed by atoms with van der Waals surface area (Å²) in [5.41, 5.74) is 0. The van der Waals surface area contributed by atoms with Gasteiger partial charge in [0.15, 0.2) is 12.6 Å². The summed E-state index contributed by atoms with van der Waals surface area (Å²) >= 11 is 0. The number of unbranched alkanes of at least 4 members (excludes halogenated alkanes) is 7. The molecule has 53 heavy (non-hydrogen) atoms. The van der Waals surface area contributed by atoms with Crippen LogP contribution < -0.4 is 5.32 Å². The number of aliphatic hydroxyl groups is 11. The first-order valence-electron chi connectivity index (χ1n) is 18.8. The van der Waals surface area contributed by atoms with Gasteiger partial charge in [0, 0.05) is 19.4 Å². The maximum Gasteiger partial charge on any atom is 0.220 e. The van der Waals surface area contributed by atoms with Crippen LogP contribution in [0.15, 0.2) is 0 Å². The molecule has 19 nitrogen and oxygen atoms in total. The number of amides is 1. The Morgan fingerprint density at radius 1 is 0.623 bits per heavy atom. The number of aliphatic hydroxyl groups excluding tert-OH is 11. The Kier molecular flexibility index (Phi) is 17.9. The van der Waals surface area contributed by atoms with E-state index in [4.69, 9.17) is 33.5 Å². The number of ether oxygens (including phenoxy) is 6. The SMILES string of the molecule is C[C@H]1O[C@@H](C[C@@H]2O[C@H](CO)C(NC(=O)CCCCCCCCCCO[C@@H]3O[C@@H](CO)C(O)C3O)C(O)C2O)C(O)C(O)C1O[C@@H]1OC[C@@H](O)C(O)C1O. The Morgan fingerprint density at radius 2 is 1.19 bits per heavy atom. The minimum absolute atomic E-state index is 0.169. The molecule has 310 valence electrons. The van der Waals surface area contributed by atoms with Gasteiger partial charge < -0.3 is 89.9 Å². The molecule has 0 radical (unpaired) electrons. The van der Waals surface area contributed by atoms with Crippen LogP contribution in [-0.2, 0) is 33.2 Å². The topological polar surface area (TPSA) is 307 Å². The third-order valence-corrected chi connectivity index (χ3v) is 10.6. The second-order valence-corrected chi connectivity index (χ2v) is 14.6. The monoisotopic (exact) mass is 771 g/mol. The zero-order valence-electron chi connectivity index (χ0n) is 30.1. The fraction of sp³-hybridized carbons (Fsp3) is 0.971. The molecule has 0 aromatic carbocycles. The van der Waals surface area contributed by atoms with Gasteiger partial charge >= 0.3 is 0 Å². The highest BCUT2D eigenvalue weighted by Gasteiger charge is 2.51. The van der Waals surface area contributed by atoms with Crippen molar-refractivity contribution in [2.75, 3.05) is 26.4 Å². The zero-order valence-corrected chi connectivity index (χ0v) is 30.1. The van der Waals surface area contributed by atoms with Crippen molar-refractivity contribution < 1.29 is 89.4 Å². The molecule has 18 atom stereocenters. The van der Waals surface area contributed by atoms with Crippen LogP contribution in [0.2, 0.25) is 0 Å². The lowest BCUT2D eigenvalue weighted by molar-refractivity contribution is -0.323. The van der Waals surface area contributed by atoms with E-state index in [1.807, 2.05) is 0 Å². The van der Waals surface area contributed by atoms with Crippen LogP contribution in [0.1, 0.15) is 71.1 Å². The summed E-state index contributed by atoms with van der Waals surface area (Å²) in [7, 11) is 0. The average Bonchev–Trinajstić information content (AvgIpc) is 3.41. The lowest BCUT2D eigenvalue weighted by Crippen LogP contribution is -2.66. The van der Waals surface area contributed by atoms with Crippen LogP contribution in [-0.4, -0.2) is 199 Å². The molecule has 12 N–H and O–H groups in total. The van der Waals surface area contributed by atoms with Crippen LogP contribution in [0, 0.1) is 0 Å². The Morgan fingerprint density at radius 3 is 1.83 bits per heavy atom. The van der Waals surface area contributed by atoms with Gasteiger partial charge in [-0.1, -0.05) is 38.5 Å². The summed E-state index contributed by atoms with van der Waals surface area (Å²) in [5.74, 6) is -0.376. The molecular weight excluding hydrogens is 710 g/mol. The van der Waals surface area contributed by atoms with Gasteiger partial charge in [0.1, 0.15) is 73.2 Å². The van der Waals surface area contributed by atoms with Crippen molar-refractivity contribution in [1.29, 1.82) is 0 Å². The van der Waals surface area contributed by atoms with E-state index in [9.17, 15) is 55.9 Å². The molecule has 0 aromatic heterocycles. The molecule has 0 aliphatic carbocycles. The van der Waals surface area contributed by atoms with Gasteiger partial charge in [0.25, 0.3) is 0 Å². The lowest BCUT2D eigenvalue weighted by Gasteiger charge is -2.47. The second kappa shape index (κ2) is 21.4. The van der Waals surface area contributed by atoms with E-state index in [0.29, 0.717) is 13.0 Å². The number of nitrogens with one attached hydrogen (secondary N) is 1. The van der Waals surface area contributed by atoms with Crippen molar-refractivity contribution in [3.05, 3.63) is 0 Å². The molecule has 0 saturated carbocycles. The predicted octanol–water partition coefficient (Wildman–Crippen LogP) is -4.36. The van der Waals surface area contributed by atoms with E-state index >= 15 is 0 Å². The van der Waals surface area contributed by atoms with E-state index in [0.717, 1.165) is 44.9 Å². The van der Waals surface area contributed by atoms with Crippen LogP contribution in [0.5, 0.6) is 0 Å². The average molecular weight is 772 g/mol. The number of rotatable bonds is 19. The molecule has 4 saturated heterocycles. The molecule has 4 rings (SSSR count). The first-order valence-corrected chi connectivity index (χ1v) is 18.8. The molecule has 19 heteroatoms. The lowest BCUT2D eigenvalue weighted by atomic mass is 9.86. The van der Waals surface area contributed by atoms with Gasteiger partial charge in [-0.05, 0) is 19.8 Å². The fourth-order valence-electron chi connectivity index (χ4n) is 7.28. The van der Waals surface area contributed by atoms with Crippen LogP contribution >= 0.6 is 0 Å². The molecule has 4 fully saturated rings. The summed E-state index contributed by atoms with van der Waals surface area (Å²) in [6, 6.07) is -1.11. The van der Waals surface area contributed by atoms with Crippen LogP contribution in [0.25, 0.3) is 0 Å². The minimum atomic E-state index is -1.62. The third kappa shape index (κ3) is 11.7. The van der Waals surface area contributed by atoms with Gasteiger partial charge in [-0.3, -0.25) is 4.79 Å². The zero-order chi connectivity index (χ0) is 38.8. The third-order valence-electron chi connectivity index (χ3n) is 10.6. The van der Waals surface area contributed by atoms with E-state index in [2.05, 4.69) is 5.32 Å². The molecule has 0 spiro atoms. The summed E-state index contributed by atoms with van der Waals surface area (Å²) < 4.78 is 33.3. The highest BCUT2D eigenvalue weighted by molar-refractivity contribution is 5.76. The summed E-state index contributed by atoms with van der Waals surface area (Å²) in [6.07, 6.45) is -14.8. The number of hydrogen-bond acceptors (Lipinski definition) is 18. The summed E-state index contributed by atoms with van der Waals surface area (Å²) in [5, 5.41) is 115. The smallest absolute Gasteiger partial charge is 0.220 e. The highest BCUT2D eigenvalue weighted by Crippen LogP contribution is 2.32. The van der Waals surface area contributed by atoms with Crippen molar-refractivity contribution in [3.8, 4) is 0 Å². The van der Waals surface area contributed by atoms with Crippen molar-refractivity contribution in [1.82, 2.24) is 5.32 Å². The van der Waals surface area contributed by atoms with Crippen LogP contribution in [0.4, 0.5) is 0 Å². The van der Waals surface area contributed by atoms with Crippen molar-refractivity contribution in [2.45, 2.75) is 181 Å². The molecule has 4 aliphatic heterocycles. The fourth-order valence-corrected chi connectivity index (χ4v) is 7.28. The van der Waals surface area contributed by atoms with Crippen molar-refractivity contribution in [2.24, 2.45) is 0 Å². The van der Waals surface area contributed by atoms with Crippen molar-refractivity contribution in [3.63, 3.8) is 0 Å².